The number of rotatable bonds is 4. The number of nitrogens with zero attached hydrogens (tertiary/aromatic N) is 4. The molecule has 3 aromatic heterocycles. The third-order valence-corrected chi connectivity index (χ3v) is 6.09. The molecule has 3 heterocycles. The molecule has 0 saturated carbocycles. The second kappa shape index (κ2) is 8.51. The van der Waals surface area contributed by atoms with Gasteiger partial charge in [-0.3, -0.25) is 4.79 Å². The predicted molar refractivity (Wildman–Crippen MR) is 141 cm³/mol. The lowest BCUT2D eigenvalue weighted by atomic mass is 9.93. The van der Waals surface area contributed by atoms with Crippen LogP contribution in [0.25, 0.3) is 27.7 Å². The van der Waals surface area contributed by atoms with Gasteiger partial charge in [0.1, 0.15) is 5.65 Å². The zero-order valence-corrected chi connectivity index (χ0v) is 20.5. The van der Waals surface area contributed by atoms with Crippen LogP contribution in [0.3, 0.4) is 0 Å². The Morgan fingerprint density at radius 1 is 0.971 bits per heavy atom. The number of pyridine rings is 1. The lowest BCUT2D eigenvalue weighted by molar-refractivity contribution is 0.102. The second-order valence-corrected chi connectivity index (χ2v) is 9.76. The maximum Gasteiger partial charge on any atom is 0.255 e. The number of aromatic nitrogens is 4. The standard InChI is InChI=1S/C28H28N6O/c1-17-6-7-19(13-22(17)18-8-10-23-20(12-18)14-30-27(29-5)32-23)26(35)31-21-9-11-25-33-24(28(2,3)4)16-34(25)15-21/h6-16H,1-5H3,(H,31,35)(H,29,30,32). The van der Waals surface area contributed by atoms with E-state index in [1.165, 1.54) is 0 Å². The molecule has 1 amide bonds. The van der Waals surface area contributed by atoms with Crippen LogP contribution in [0.1, 0.15) is 42.4 Å². The summed E-state index contributed by atoms with van der Waals surface area (Å²) in [5.41, 5.74) is 7.08. The van der Waals surface area contributed by atoms with Crippen molar-refractivity contribution in [2.45, 2.75) is 33.1 Å². The van der Waals surface area contributed by atoms with Crippen molar-refractivity contribution in [3.63, 3.8) is 0 Å². The van der Waals surface area contributed by atoms with Crippen LogP contribution in [0, 0.1) is 6.92 Å². The Kier molecular flexibility index (Phi) is 5.47. The molecule has 5 rings (SSSR count). The number of carbonyl (C=O) groups excluding carboxylic acids is 1. The van der Waals surface area contributed by atoms with Crippen LogP contribution in [-0.2, 0) is 5.41 Å². The third kappa shape index (κ3) is 4.45. The Morgan fingerprint density at radius 2 is 1.80 bits per heavy atom. The van der Waals surface area contributed by atoms with E-state index in [1.807, 2.05) is 66.2 Å². The van der Waals surface area contributed by atoms with E-state index in [2.05, 4.69) is 52.4 Å². The maximum atomic E-state index is 13.1. The number of carbonyl (C=O) groups is 1. The predicted octanol–water partition coefficient (Wildman–Crippen LogP) is 5.84. The Labute approximate surface area is 204 Å². The molecule has 0 saturated heterocycles. The van der Waals surface area contributed by atoms with E-state index >= 15 is 0 Å². The van der Waals surface area contributed by atoms with Crippen LogP contribution in [0.4, 0.5) is 11.6 Å². The van der Waals surface area contributed by atoms with E-state index in [1.54, 1.807) is 13.2 Å². The van der Waals surface area contributed by atoms with Crippen molar-refractivity contribution in [1.82, 2.24) is 19.4 Å². The molecule has 0 atom stereocenters. The van der Waals surface area contributed by atoms with E-state index in [9.17, 15) is 4.79 Å². The number of hydrogen-bond donors (Lipinski definition) is 2. The summed E-state index contributed by atoms with van der Waals surface area (Å²) in [6.07, 6.45) is 5.71. The van der Waals surface area contributed by atoms with Gasteiger partial charge in [0.25, 0.3) is 5.91 Å². The third-order valence-electron chi connectivity index (χ3n) is 6.09. The Bertz CT molecular complexity index is 1580. The maximum absolute atomic E-state index is 13.1. The number of anilines is 2. The first kappa shape index (κ1) is 22.5. The van der Waals surface area contributed by atoms with E-state index in [0.717, 1.165) is 38.9 Å². The fourth-order valence-corrected chi connectivity index (χ4v) is 4.03. The summed E-state index contributed by atoms with van der Waals surface area (Å²) in [4.78, 5) is 26.6. The molecular formula is C28H28N6O. The molecule has 0 aliphatic rings. The van der Waals surface area contributed by atoms with Gasteiger partial charge in [0.15, 0.2) is 0 Å². The molecule has 0 aliphatic heterocycles. The number of aryl methyl sites for hydroxylation is 1. The fourth-order valence-electron chi connectivity index (χ4n) is 4.03. The number of imidazole rings is 1. The molecule has 7 heteroatoms. The van der Waals surface area contributed by atoms with E-state index in [4.69, 9.17) is 0 Å². The highest BCUT2D eigenvalue weighted by Gasteiger charge is 2.18. The van der Waals surface area contributed by atoms with Gasteiger partial charge in [0.05, 0.1) is 16.9 Å². The Hall–Kier alpha value is -4.26. The first-order valence-corrected chi connectivity index (χ1v) is 11.6. The topological polar surface area (TPSA) is 84.2 Å². The van der Waals surface area contributed by atoms with Gasteiger partial charge in [-0.05, 0) is 60.0 Å². The van der Waals surface area contributed by atoms with Crippen LogP contribution >= 0.6 is 0 Å². The van der Waals surface area contributed by atoms with Gasteiger partial charge < -0.3 is 15.0 Å². The van der Waals surface area contributed by atoms with Crippen molar-refractivity contribution in [1.29, 1.82) is 0 Å². The summed E-state index contributed by atoms with van der Waals surface area (Å²) >= 11 is 0. The van der Waals surface area contributed by atoms with Crippen LogP contribution in [-0.4, -0.2) is 32.3 Å². The van der Waals surface area contributed by atoms with E-state index < -0.39 is 0 Å². The molecule has 0 spiro atoms. The fraction of sp³-hybridized carbons (Fsp3) is 0.214. The molecule has 176 valence electrons. The second-order valence-electron chi connectivity index (χ2n) is 9.76. The Balaban J connectivity index is 1.43. The first-order chi connectivity index (χ1) is 16.7. The first-order valence-electron chi connectivity index (χ1n) is 11.6. The zero-order valence-electron chi connectivity index (χ0n) is 20.5. The molecule has 35 heavy (non-hydrogen) atoms. The summed E-state index contributed by atoms with van der Waals surface area (Å²) in [6.45, 7) is 8.44. The van der Waals surface area contributed by atoms with Crippen molar-refractivity contribution in [2.75, 3.05) is 17.7 Å². The number of hydrogen-bond acceptors (Lipinski definition) is 5. The van der Waals surface area contributed by atoms with Gasteiger partial charge in [0.2, 0.25) is 5.95 Å². The van der Waals surface area contributed by atoms with Crippen molar-refractivity contribution >= 4 is 34.1 Å². The van der Waals surface area contributed by atoms with E-state index in [0.29, 0.717) is 17.2 Å². The molecular weight excluding hydrogens is 436 g/mol. The van der Waals surface area contributed by atoms with Crippen molar-refractivity contribution in [2.24, 2.45) is 0 Å². The van der Waals surface area contributed by atoms with Gasteiger partial charge in [-0.2, -0.15) is 0 Å². The summed E-state index contributed by atoms with van der Waals surface area (Å²) in [7, 11) is 1.80. The molecule has 0 fully saturated rings. The summed E-state index contributed by atoms with van der Waals surface area (Å²) in [6, 6.07) is 15.6. The number of amides is 1. The van der Waals surface area contributed by atoms with E-state index in [-0.39, 0.29) is 11.3 Å². The quantitative estimate of drug-likeness (QED) is 0.349. The molecule has 0 unspecified atom stereocenters. The molecule has 0 bridgehead atoms. The molecule has 5 aromatic rings. The van der Waals surface area contributed by atoms with Gasteiger partial charge in [-0.25, -0.2) is 15.0 Å². The average molecular weight is 465 g/mol. The highest BCUT2D eigenvalue weighted by Crippen LogP contribution is 2.28. The van der Waals surface area contributed by atoms with Gasteiger partial charge in [0, 0.05) is 42.0 Å². The van der Waals surface area contributed by atoms with Crippen molar-refractivity contribution in [3.05, 3.63) is 83.9 Å². The number of fused-ring (bicyclic) bond motifs is 2. The minimum atomic E-state index is -0.162. The zero-order chi connectivity index (χ0) is 24.7. The lowest BCUT2D eigenvalue weighted by Gasteiger charge is -2.13. The number of benzene rings is 2. The molecule has 2 N–H and O–H groups in total. The summed E-state index contributed by atoms with van der Waals surface area (Å²) in [5, 5.41) is 6.93. The van der Waals surface area contributed by atoms with Gasteiger partial charge in [-0.15, -0.1) is 0 Å². The average Bonchev–Trinajstić information content (AvgIpc) is 3.28. The summed E-state index contributed by atoms with van der Waals surface area (Å²) < 4.78 is 1.95. The smallest absolute Gasteiger partial charge is 0.255 e. The largest absolute Gasteiger partial charge is 0.357 e. The minimum absolute atomic E-state index is 0.0439. The molecule has 0 aliphatic carbocycles. The van der Waals surface area contributed by atoms with Gasteiger partial charge in [-0.1, -0.05) is 32.9 Å². The Morgan fingerprint density at radius 3 is 2.57 bits per heavy atom. The van der Waals surface area contributed by atoms with Crippen LogP contribution in [0.2, 0.25) is 0 Å². The van der Waals surface area contributed by atoms with Crippen LogP contribution in [0.5, 0.6) is 0 Å². The van der Waals surface area contributed by atoms with Crippen molar-refractivity contribution < 1.29 is 4.79 Å². The molecule has 7 nitrogen and oxygen atoms in total. The van der Waals surface area contributed by atoms with Gasteiger partial charge >= 0.3 is 0 Å². The van der Waals surface area contributed by atoms with Crippen molar-refractivity contribution in [3.8, 4) is 11.1 Å². The highest BCUT2D eigenvalue weighted by atomic mass is 16.1. The highest BCUT2D eigenvalue weighted by molar-refractivity contribution is 6.05. The SMILES string of the molecule is CNc1ncc2cc(-c3cc(C(=O)Nc4ccc5nc(C(C)(C)C)cn5c4)ccc3C)ccc2n1. The minimum Gasteiger partial charge on any atom is -0.357 e. The van der Waals surface area contributed by atoms with Crippen LogP contribution in [0.15, 0.2) is 67.1 Å². The normalized spacial score (nSPS) is 11.7. The number of nitrogens with one attached hydrogen (secondary N) is 2. The monoisotopic (exact) mass is 464 g/mol. The lowest BCUT2D eigenvalue weighted by Crippen LogP contribution is -2.12. The summed E-state index contributed by atoms with van der Waals surface area (Å²) in [5.74, 6) is 0.424. The van der Waals surface area contributed by atoms with Crippen LogP contribution < -0.4 is 10.6 Å². The molecule has 0 radical (unpaired) electrons. The molecule has 2 aromatic carbocycles.